The van der Waals surface area contributed by atoms with Crippen LogP contribution in [-0.4, -0.2) is 9.13 Å². The van der Waals surface area contributed by atoms with E-state index in [0.717, 1.165) is 11.1 Å². The van der Waals surface area contributed by atoms with Gasteiger partial charge in [0.2, 0.25) is 5.71 Å². The molecule has 0 N–H and O–H groups in total. The van der Waals surface area contributed by atoms with Gasteiger partial charge < -0.3 is 4.42 Å². The molecule has 3 rings (SSSR count). The SMILES string of the molecule is CCn1c(=O)c2cc(-c3cccc(C)c3)oc2n(CC)c1=S. The highest BCUT2D eigenvalue weighted by atomic mass is 32.1. The van der Waals surface area contributed by atoms with Gasteiger partial charge >= 0.3 is 0 Å². The fourth-order valence-corrected chi connectivity index (χ4v) is 3.12. The van der Waals surface area contributed by atoms with Crippen LogP contribution in [0.2, 0.25) is 0 Å². The lowest BCUT2D eigenvalue weighted by Gasteiger charge is -2.09. The van der Waals surface area contributed by atoms with Crippen molar-refractivity contribution in [1.29, 1.82) is 0 Å². The maximum absolute atomic E-state index is 12.6. The first kappa shape index (κ1) is 14.8. The molecule has 22 heavy (non-hydrogen) atoms. The first-order chi connectivity index (χ1) is 10.6. The largest absolute Gasteiger partial charge is 0.439 e. The van der Waals surface area contributed by atoms with E-state index >= 15 is 0 Å². The molecule has 2 aromatic heterocycles. The summed E-state index contributed by atoms with van der Waals surface area (Å²) in [5.74, 6) is 0.696. The Morgan fingerprint density at radius 3 is 2.50 bits per heavy atom. The van der Waals surface area contributed by atoms with Crippen molar-refractivity contribution in [1.82, 2.24) is 9.13 Å². The molecule has 0 atom stereocenters. The van der Waals surface area contributed by atoms with Gasteiger partial charge in [-0.1, -0.05) is 23.8 Å². The van der Waals surface area contributed by atoms with Crippen molar-refractivity contribution in [2.24, 2.45) is 0 Å². The van der Waals surface area contributed by atoms with Crippen LogP contribution in [0.1, 0.15) is 19.4 Å². The molecule has 0 aliphatic carbocycles. The number of nitrogens with zero attached hydrogens (tertiary/aromatic N) is 2. The fraction of sp³-hybridized carbons (Fsp3) is 0.294. The van der Waals surface area contributed by atoms with Gasteiger partial charge in [0.05, 0.1) is 0 Å². The summed E-state index contributed by atoms with van der Waals surface area (Å²) < 4.78 is 9.96. The molecule has 1 aromatic carbocycles. The monoisotopic (exact) mass is 314 g/mol. The molecule has 0 aliphatic rings. The van der Waals surface area contributed by atoms with Crippen LogP contribution in [0.25, 0.3) is 22.4 Å². The molecular weight excluding hydrogens is 296 g/mol. The summed E-state index contributed by atoms with van der Waals surface area (Å²) in [6.07, 6.45) is 0. The Morgan fingerprint density at radius 2 is 1.86 bits per heavy atom. The maximum atomic E-state index is 12.6. The van der Waals surface area contributed by atoms with Gasteiger partial charge in [0.1, 0.15) is 11.1 Å². The number of aromatic nitrogens is 2. The lowest BCUT2D eigenvalue weighted by molar-refractivity contribution is 0.551. The molecule has 0 bridgehead atoms. The number of furan rings is 1. The Kier molecular flexibility index (Phi) is 3.74. The van der Waals surface area contributed by atoms with E-state index < -0.39 is 0 Å². The molecule has 0 saturated heterocycles. The number of aryl methyl sites for hydroxylation is 2. The van der Waals surface area contributed by atoms with Crippen molar-refractivity contribution in [3.8, 4) is 11.3 Å². The summed E-state index contributed by atoms with van der Waals surface area (Å²) in [5.41, 5.74) is 2.58. The van der Waals surface area contributed by atoms with E-state index in [1.54, 1.807) is 4.57 Å². The van der Waals surface area contributed by atoms with E-state index in [-0.39, 0.29) is 5.56 Å². The molecule has 0 saturated carbocycles. The van der Waals surface area contributed by atoms with E-state index in [2.05, 4.69) is 0 Å². The topological polar surface area (TPSA) is 40.1 Å². The number of hydrogen-bond acceptors (Lipinski definition) is 3. The Balaban J connectivity index is 2.37. The molecule has 3 aromatic rings. The maximum Gasteiger partial charge on any atom is 0.265 e. The molecule has 0 amide bonds. The van der Waals surface area contributed by atoms with Gasteiger partial charge in [0, 0.05) is 18.7 Å². The van der Waals surface area contributed by atoms with Gasteiger partial charge in [-0.05, 0) is 45.1 Å². The molecule has 0 radical (unpaired) electrons. The highest BCUT2D eigenvalue weighted by Crippen LogP contribution is 2.27. The van der Waals surface area contributed by atoms with Crippen LogP contribution in [-0.2, 0) is 13.1 Å². The van der Waals surface area contributed by atoms with Gasteiger partial charge in [-0.15, -0.1) is 0 Å². The highest BCUT2D eigenvalue weighted by molar-refractivity contribution is 7.71. The van der Waals surface area contributed by atoms with Gasteiger partial charge in [-0.25, -0.2) is 0 Å². The van der Waals surface area contributed by atoms with E-state index in [1.807, 2.05) is 55.7 Å². The predicted molar refractivity (Wildman–Crippen MR) is 90.8 cm³/mol. The average Bonchev–Trinajstić information content (AvgIpc) is 2.93. The smallest absolute Gasteiger partial charge is 0.265 e. The lowest BCUT2D eigenvalue weighted by Crippen LogP contribution is -2.24. The zero-order valence-electron chi connectivity index (χ0n) is 12.9. The molecule has 0 spiro atoms. The van der Waals surface area contributed by atoms with Crippen LogP contribution in [0.15, 0.2) is 39.5 Å². The van der Waals surface area contributed by atoms with Crippen LogP contribution < -0.4 is 5.56 Å². The Morgan fingerprint density at radius 1 is 1.14 bits per heavy atom. The second-order valence-electron chi connectivity index (χ2n) is 5.28. The minimum atomic E-state index is -0.0881. The minimum Gasteiger partial charge on any atom is -0.439 e. The second kappa shape index (κ2) is 5.57. The van der Waals surface area contributed by atoms with Gasteiger partial charge in [0.25, 0.3) is 5.56 Å². The summed E-state index contributed by atoms with van der Waals surface area (Å²) in [6, 6.07) is 9.85. The third-order valence-corrected chi connectivity index (χ3v) is 4.27. The van der Waals surface area contributed by atoms with Crippen LogP contribution in [0.4, 0.5) is 0 Å². The predicted octanol–water partition coefficient (Wildman–Crippen LogP) is 4.14. The summed E-state index contributed by atoms with van der Waals surface area (Å²) >= 11 is 5.42. The van der Waals surface area contributed by atoms with Crippen molar-refractivity contribution in [3.05, 3.63) is 51.0 Å². The Labute approximate surface area is 133 Å². The van der Waals surface area contributed by atoms with Crippen molar-refractivity contribution < 1.29 is 4.42 Å². The van der Waals surface area contributed by atoms with Crippen molar-refractivity contribution in [3.63, 3.8) is 0 Å². The van der Waals surface area contributed by atoms with Gasteiger partial charge in [-0.3, -0.25) is 13.9 Å². The molecule has 2 heterocycles. The molecule has 0 unspecified atom stereocenters. The minimum absolute atomic E-state index is 0.0881. The zero-order valence-corrected chi connectivity index (χ0v) is 13.7. The summed E-state index contributed by atoms with van der Waals surface area (Å²) in [6.45, 7) is 7.16. The van der Waals surface area contributed by atoms with Crippen molar-refractivity contribution >= 4 is 23.3 Å². The average molecular weight is 314 g/mol. The Bertz CT molecular complexity index is 963. The van der Waals surface area contributed by atoms with E-state index in [1.165, 1.54) is 0 Å². The fourth-order valence-electron chi connectivity index (χ4n) is 2.70. The van der Waals surface area contributed by atoms with Gasteiger partial charge in [0.15, 0.2) is 4.77 Å². The third kappa shape index (κ3) is 2.22. The van der Waals surface area contributed by atoms with Crippen LogP contribution >= 0.6 is 12.2 Å². The normalized spacial score (nSPS) is 11.2. The van der Waals surface area contributed by atoms with Crippen molar-refractivity contribution in [2.75, 3.05) is 0 Å². The summed E-state index contributed by atoms with van der Waals surface area (Å²) in [5, 5.41) is 0.578. The summed E-state index contributed by atoms with van der Waals surface area (Å²) in [4.78, 5) is 12.6. The molecule has 0 fully saturated rings. The van der Waals surface area contributed by atoms with Gasteiger partial charge in [-0.2, -0.15) is 0 Å². The number of benzene rings is 1. The second-order valence-corrected chi connectivity index (χ2v) is 5.64. The zero-order chi connectivity index (χ0) is 15.9. The highest BCUT2D eigenvalue weighted by Gasteiger charge is 2.15. The Hall–Kier alpha value is -2.14. The van der Waals surface area contributed by atoms with E-state index in [4.69, 9.17) is 16.6 Å². The van der Waals surface area contributed by atoms with Crippen LogP contribution in [0.3, 0.4) is 0 Å². The molecule has 4 nitrogen and oxygen atoms in total. The molecular formula is C17H18N2O2S. The number of hydrogen-bond donors (Lipinski definition) is 0. The molecule has 0 aliphatic heterocycles. The lowest BCUT2D eigenvalue weighted by atomic mass is 10.1. The number of fused-ring (bicyclic) bond motifs is 1. The first-order valence-corrected chi connectivity index (χ1v) is 7.81. The van der Waals surface area contributed by atoms with Crippen LogP contribution in [0, 0.1) is 11.7 Å². The first-order valence-electron chi connectivity index (χ1n) is 7.41. The summed E-state index contributed by atoms with van der Waals surface area (Å²) in [7, 11) is 0. The standard InChI is InChI=1S/C17H18N2O2S/c1-4-18-15(20)13-10-14(12-8-6-7-11(3)9-12)21-16(13)19(5-2)17(18)22/h6-10H,4-5H2,1-3H3. The van der Waals surface area contributed by atoms with E-state index in [0.29, 0.717) is 34.7 Å². The third-order valence-electron chi connectivity index (χ3n) is 3.83. The van der Waals surface area contributed by atoms with Crippen LogP contribution in [0.5, 0.6) is 0 Å². The van der Waals surface area contributed by atoms with Crippen molar-refractivity contribution in [2.45, 2.75) is 33.9 Å². The molecule has 114 valence electrons. The number of rotatable bonds is 3. The van der Waals surface area contributed by atoms with E-state index in [9.17, 15) is 4.79 Å². The quantitative estimate of drug-likeness (QED) is 0.682. The molecule has 5 heteroatoms.